The minimum atomic E-state index is -0.440. The zero-order chi connectivity index (χ0) is 17.5. The van der Waals surface area contributed by atoms with Gasteiger partial charge in [0.15, 0.2) is 5.96 Å². The molecule has 2 rings (SSSR count). The molecule has 1 heterocycles. The van der Waals surface area contributed by atoms with Crippen molar-refractivity contribution in [2.75, 3.05) is 13.6 Å². The van der Waals surface area contributed by atoms with E-state index in [2.05, 4.69) is 34.6 Å². The van der Waals surface area contributed by atoms with Crippen molar-refractivity contribution in [2.45, 2.75) is 52.1 Å². The molecule has 142 valence electrons. The maximum Gasteiger partial charge on any atom is 0.306 e. The van der Waals surface area contributed by atoms with Crippen molar-refractivity contribution in [1.29, 1.82) is 0 Å². The van der Waals surface area contributed by atoms with Crippen LogP contribution in [0.25, 0.3) is 0 Å². The smallest absolute Gasteiger partial charge is 0.306 e. The van der Waals surface area contributed by atoms with Gasteiger partial charge in [-0.05, 0) is 37.5 Å². The number of hydrogen-bond acceptors (Lipinski definition) is 4. The maximum atomic E-state index is 10.6. The van der Waals surface area contributed by atoms with Crippen LogP contribution in [-0.2, 0) is 6.54 Å². The lowest BCUT2D eigenvalue weighted by Crippen LogP contribution is -2.45. The van der Waals surface area contributed by atoms with E-state index in [1.807, 2.05) is 0 Å². The van der Waals surface area contributed by atoms with Gasteiger partial charge in [-0.1, -0.05) is 13.8 Å². The SMILES string of the molecule is CN=C(NCCn1cc([N+](=O)[O-])cn1)NC1CCC(C(C)C)CC1.I. The highest BCUT2D eigenvalue weighted by Gasteiger charge is 2.23. The molecule has 0 amide bonds. The van der Waals surface area contributed by atoms with E-state index < -0.39 is 4.92 Å². The average Bonchev–Trinajstić information content (AvgIpc) is 3.03. The summed E-state index contributed by atoms with van der Waals surface area (Å²) in [7, 11) is 1.76. The highest BCUT2D eigenvalue weighted by molar-refractivity contribution is 14.0. The molecule has 0 radical (unpaired) electrons. The lowest BCUT2D eigenvalue weighted by molar-refractivity contribution is -0.385. The fourth-order valence-corrected chi connectivity index (χ4v) is 3.18. The van der Waals surface area contributed by atoms with Gasteiger partial charge in [-0.2, -0.15) is 5.10 Å². The van der Waals surface area contributed by atoms with Crippen molar-refractivity contribution < 1.29 is 4.92 Å². The van der Waals surface area contributed by atoms with Crippen LogP contribution in [0.15, 0.2) is 17.4 Å². The summed E-state index contributed by atoms with van der Waals surface area (Å²) in [6.07, 6.45) is 7.58. The summed E-state index contributed by atoms with van der Waals surface area (Å²) < 4.78 is 1.56. The minimum absolute atomic E-state index is 0. The summed E-state index contributed by atoms with van der Waals surface area (Å²) >= 11 is 0. The molecule has 8 nitrogen and oxygen atoms in total. The van der Waals surface area contributed by atoms with Crippen molar-refractivity contribution in [1.82, 2.24) is 20.4 Å². The molecule has 0 atom stereocenters. The van der Waals surface area contributed by atoms with Crippen LogP contribution >= 0.6 is 24.0 Å². The largest absolute Gasteiger partial charge is 0.355 e. The van der Waals surface area contributed by atoms with E-state index in [1.165, 1.54) is 38.1 Å². The summed E-state index contributed by atoms with van der Waals surface area (Å²) in [5.74, 6) is 2.39. The number of halogens is 1. The summed E-state index contributed by atoms with van der Waals surface area (Å²) in [4.78, 5) is 14.5. The van der Waals surface area contributed by atoms with Gasteiger partial charge in [0.25, 0.3) is 0 Å². The molecule has 25 heavy (non-hydrogen) atoms. The van der Waals surface area contributed by atoms with Crippen LogP contribution < -0.4 is 10.6 Å². The van der Waals surface area contributed by atoms with Gasteiger partial charge in [0, 0.05) is 19.6 Å². The molecule has 2 N–H and O–H groups in total. The Kier molecular flexibility index (Phi) is 9.15. The van der Waals surface area contributed by atoms with Crippen LogP contribution in [0.2, 0.25) is 0 Å². The molecular weight excluding hydrogens is 435 g/mol. The molecule has 0 aliphatic heterocycles. The number of hydrogen-bond donors (Lipinski definition) is 2. The van der Waals surface area contributed by atoms with Gasteiger partial charge < -0.3 is 10.6 Å². The third-order valence-corrected chi connectivity index (χ3v) is 4.74. The molecule has 1 saturated carbocycles. The molecule has 0 aromatic carbocycles. The first-order valence-electron chi connectivity index (χ1n) is 8.63. The summed E-state index contributed by atoms with van der Waals surface area (Å²) in [5, 5.41) is 21.3. The predicted octanol–water partition coefficient (Wildman–Crippen LogP) is 2.79. The van der Waals surface area contributed by atoms with E-state index in [0.717, 1.165) is 17.8 Å². The topological polar surface area (TPSA) is 97.4 Å². The normalized spacial score (nSPS) is 20.9. The van der Waals surface area contributed by atoms with Crippen LogP contribution in [0.4, 0.5) is 5.69 Å². The number of aliphatic imine (C=N–C) groups is 1. The minimum Gasteiger partial charge on any atom is -0.355 e. The van der Waals surface area contributed by atoms with E-state index in [-0.39, 0.29) is 29.7 Å². The Balaban J connectivity index is 0.00000312. The Morgan fingerprint density at radius 2 is 2.12 bits per heavy atom. The number of guanidine groups is 1. The molecule has 9 heteroatoms. The molecule has 0 spiro atoms. The van der Waals surface area contributed by atoms with Crippen molar-refractivity contribution in [2.24, 2.45) is 16.8 Å². The number of aromatic nitrogens is 2. The summed E-state index contributed by atoms with van der Waals surface area (Å²) in [5.41, 5.74) is 0.0134. The maximum absolute atomic E-state index is 10.6. The Labute approximate surface area is 166 Å². The van der Waals surface area contributed by atoms with Crippen molar-refractivity contribution in [3.05, 3.63) is 22.5 Å². The fourth-order valence-electron chi connectivity index (χ4n) is 3.18. The molecule has 1 aliphatic rings. The van der Waals surface area contributed by atoms with Crippen LogP contribution in [-0.4, -0.2) is 40.3 Å². The number of nitrogens with one attached hydrogen (secondary N) is 2. The first kappa shape index (κ1) is 21.7. The number of rotatable bonds is 6. The van der Waals surface area contributed by atoms with Gasteiger partial charge in [0.05, 0.1) is 11.5 Å². The van der Waals surface area contributed by atoms with Crippen LogP contribution in [0.3, 0.4) is 0 Å². The summed E-state index contributed by atoms with van der Waals surface area (Å²) in [6, 6.07) is 0.469. The molecule has 0 unspecified atom stereocenters. The molecule has 1 aromatic heterocycles. The van der Waals surface area contributed by atoms with Gasteiger partial charge in [-0.15, -0.1) is 24.0 Å². The second kappa shape index (κ2) is 10.6. The van der Waals surface area contributed by atoms with Crippen LogP contribution in [0.1, 0.15) is 39.5 Å². The zero-order valence-electron chi connectivity index (χ0n) is 15.1. The van der Waals surface area contributed by atoms with E-state index in [9.17, 15) is 10.1 Å². The number of nitro groups is 1. The third-order valence-electron chi connectivity index (χ3n) is 4.74. The van der Waals surface area contributed by atoms with E-state index in [0.29, 0.717) is 19.1 Å². The molecule has 0 bridgehead atoms. The first-order chi connectivity index (χ1) is 11.5. The Bertz CT molecular complexity index is 567. The van der Waals surface area contributed by atoms with E-state index in [4.69, 9.17) is 0 Å². The lowest BCUT2D eigenvalue weighted by Gasteiger charge is -2.32. The Hall–Kier alpha value is -1.39. The van der Waals surface area contributed by atoms with Gasteiger partial charge in [0.2, 0.25) is 0 Å². The highest BCUT2D eigenvalue weighted by atomic mass is 127. The standard InChI is InChI=1S/C16H28N6O2.HI/c1-12(2)13-4-6-14(7-5-13)20-16(17-3)18-8-9-21-11-15(10-19-21)22(23)24;/h10-14H,4-9H2,1-3H3,(H2,17,18,20);1H. The van der Waals surface area contributed by atoms with Crippen LogP contribution in [0.5, 0.6) is 0 Å². The van der Waals surface area contributed by atoms with Crippen molar-refractivity contribution >= 4 is 35.6 Å². The van der Waals surface area contributed by atoms with Gasteiger partial charge >= 0.3 is 5.69 Å². The second-order valence-corrected chi connectivity index (χ2v) is 6.72. The molecular formula is C16H29IN6O2. The summed E-state index contributed by atoms with van der Waals surface area (Å²) in [6.45, 7) is 5.77. The average molecular weight is 464 g/mol. The first-order valence-corrected chi connectivity index (χ1v) is 8.63. The van der Waals surface area contributed by atoms with Crippen molar-refractivity contribution in [3.63, 3.8) is 0 Å². The number of nitrogens with zero attached hydrogens (tertiary/aromatic N) is 4. The predicted molar refractivity (Wildman–Crippen MR) is 109 cm³/mol. The monoisotopic (exact) mass is 464 g/mol. The highest BCUT2D eigenvalue weighted by Crippen LogP contribution is 2.29. The molecule has 1 fully saturated rings. The fraction of sp³-hybridized carbons (Fsp3) is 0.750. The van der Waals surface area contributed by atoms with Gasteiger partial charge in [-0.25, -0.2) is 0 Å². The quantitative estimate of drug-likeness (QED) is 0.222. The van der Waals surface area contributed by atoms with Gasteiger partial charge in [0.1, 0.15) is 12.4 Å². The van der Waals surface area contributed by atoms with Gasteiger partial charge in [-0.3, -0.25) is 19.8 Å². The molecule has 1 aromatic rings. The van der Waals surface area contributed by atoms with E-state index >= 15 is 0 Å². The van der Waals surface area contributed by atoms with Crippen LogP contribution in [0, 0.1) is 22.0 Å². The Morgan fingerprint density at radius 1 is 1.44 bits per heavy atom. The molecule has 0 saturated heterocycles. The van der Waals surface area contributed by atoms with E-state index in [1.54, 1.807) is 11.7 Å². The lowest BCUT2D eigenvalue weighted by atomic mass is 9.80. The molecule has 1 aliphatic carbocycles. The zero-order valence-corrected chi connectivity index (χ0v) is 17.5. The Morgan fingerprint density at radius 3 is 2.64 bits per heavy atom. The second-order valence-electron chi connectivity index (χ2n) is 6.72. The third kappa shape index (κ3) is 6.79. The van der Waals surface area contributed by atoms with Crippen molar-refractivity contribution in [3.8, 4) is 0 Å².